The van der Waals surface area contributed by atoms with E-state index in [-0.39, 0.29) is 11.4 Å². The van der Waals surface area contributed by atoms with Crippen LogP contribution in [0.25, 0.3) is 0 Å². The zero-order valence-electron chi connectivity index (χ0n) is 12.4. The number of hydrogen-bond acceptors (Lipinski definition) is 4. The Hall–Kier alpha value is -1.59. The minimum atomic E-state index is -0.361. The number of nitrogens with zero attached hydrogens (tertiary/aromatic N) is 2. The van der Waals surface area contributed by atoms with Crippen LogP contribution in [-0.2, 0) is 4.79 Å². The highest BCUT2D eigenvalue weighted by Gasteiger charge is 2.50. The summed E-state index contributed by atoms with van der Waals surface area (Å²) in [6.45, 7) is 4.33. The third-order valence-corrected chi connectivity index (χ3v) is 4.77. The first-order valence-electron chi connectivity index (χ1n) is 7.80. The number of amides is 1. The maximum absolute atomic E-state index is 12.5. The van der Waals surface area contributed by atoms with E-state index in [0.717, 1.165) is 51.1 Å². The second-order valence-electron chi connectivity index (χ2n) is 5.94. The monoisotopic (exact) mass is 288 g/mol. The predicted molar refractivity (Wildman–Crippen MR) is 84.0 cm³/mol. The molecule has 0 radical (unpaired) electrons. The van der Waals surface area contributed by atoms with Crippen molar-refractivity contribution in [3.63, 3.8) is 0 Å². The number of carbonyl (C=O) groups is 1. The number of hydrogen-bond donors (Lipinski definition) is 2. The second kappa shape index (κ2) is 6.03. The Kier molecular flexibility index (Phi) is 4.12. The number of nitrogens with one attached hydrogen (secondary N) is 1. The van der Waals surface area contributed by atoms with Gasteiger partial charge in [0, 0.05) is 18.8 Å². The van der Waals surface area contributed by atoms with Gasteiger partial charge in [0.2, 0.25) is 5.91 Å². The molecule has 2 saturated heterocycles. The molecule has 1 aromatic carbocycles. The number of rotatable bonds is 4. The molecule has 5 nitrogen and oxygen atoms in total. The van der Waals surface area contributed by atoms with Crippen molar-refractivity contribution in [2.45, 2.75) is 24.8 Å². The van der Waals surface area contributed by atoms with E-state index in [2.05, 4.69) is 27.2 Å². The molecule has 5 heteroatoms. The lowest BCUT2D eigenvalue weighted by molar-refractivity contribution is -0.125. The van der Waals surface area contributed by atoms with Gasteiger partial charge in [-0.1, -0.05) is 18.2 Å². The van der Waals surface area contributed by atoms with Crippen LogP contribution < -0.4 is 16.0 Å². The summed E-state index contributed by atoms with van der Waals surface area (Å²) in [5.74, 6) is 0.185. The van der Waals surface area contributed by atoms with Crippen molar-refractivity contribution in [3.8, 4) is 0 Å². The van der Waals surface area contributed by atoms with Crippen LogP contribution >= 0.6 is 0 Å². The molecule has 2 aliphatic rings. The molecule has 1 amide bonds. The summed E-state index contributed by atoms with van der Waals surface area (Å²) >= 11 is 0. The van der Waals surface area contributed by atoms with E-state index in [1.54, 1.807) is 0 Å². The van der Waals surface area contributed by atoms with Crippen molar-refractivity contribution in [2.75, 3.05) is 37.7 Å². The quantitative estimate of drug-likeness (QED) is 0.859. The summed E-state index contributed by atoms with van der Waals surface area (Å²) in [7, 11) is 0. The highest BCUT2D eigenvalue weighted by Crippen LogP contribution is 2.36. The Balaban J connectivity index is 1.74. The topological polar surface area (TPSA) is 61.6 Å². The lowest BCUT2D eigenvalue weighted by Crippen LogP contribution is -2.56. The van der Waals surface area contributed by atoms with E-state index in [0.29, 0.717) is 6.67 Å². The summed E-state index contributed by atoms with van der Waals surface area (Å²) in [6, 6.07) is 10.2. The molecule has 1 aromatic rings. The van der Waals surface area contributed by atoms with Gasteiger partial charge in [0.1, 0.15) is 5.54 Å². The highest BCUT2D eigenvalue weighted by atomic mass is 16.2. The van der Waals surface area contributed by atoms with Crippen LogP contribution in [0.4, 0.5) is 5.69 Å². The lowest BCUT2D eigenvalue weighted by atomic mass is 9.85. The van der Waals surface area contributed by atoms with Crippen molar-refractivity contribution < 1.29 is 4.79 Å². The summed E-state index contributed by atoms with van der Waals surface area (Å²) < 4.78 is 0. The Morgan fingerprint density at radius 2 is 1.90 bits per heavy atom. The lowest BCUT2D eigenvalue weighted by Gasteiger charge is -2.43. The van der Waals surface area contributed by atoms with Gasteiger partial charge in [-0.15, -0.1) is 0 Å². The van der Waals surface area contributed by atoms with Crippen molar-refractivity contribution in [3.05, 3.63) is 30.3 Å². The first-order valence-corrected chi connectivity index (χ1v) is 7.80. The number of piperidine rings is 1. The summed E-state index contributed by atoms with van der Waals surface area (Å²) in [6.07, 6.45) is 2.80. The number of carbonyl (C=O) groups excluding carboxylic acids is 1. The van der Waals surface area contributed by atoms with E-state index >= 15 is 0 Å². The molecule has 2 heterocycles. The van der Waals surface area contributed by atoms with E-state index in [9.17, 15) is 4.79 Å². The van der Waals surface area contributed by atoms with Crippen LogP contribution in [0.2, 0.25) is 0 Å². The number of benzene rings is 1. The fraction of sp³-hybridized carbons (Fsp3) is 0.562. The average molecular weight is 288 g/mol. The number of likely N-dealkylation sites (tertiary alicyclic amines) is 1. The maximum atomic E-state index is 12.5. The third kappa shape index (κ3) is 2.63. The van der Waals surface area contributed by atoms with E-state index in [1.165, 1.54) is 0 Å². The van der Waals surface area contributed by atoms with Gasteiger partial charge in [0.25, 0.3) is 0 Å². The third-order valence-electron chi connectivity index (χ3n) is 4.77. The van der Waals surface area contributed by atoms with E-state index in [4.69, 9.17) is 5.73 Å². The van der Waals surface area contributed by atoms with E-state index < -0.39 is 0 Å². The molecular formula is C16H24N4O. The van der Waals surface area contributed by atoms with Gasteiger partial charge in [0.15, 0.2) is 0 Å². The van der Waals surface area contributed by atoms with Crippen LogP contribution in [0.1, 0.15) is 19.3 Å². The summed E-state index contributed by atoms with van der Waals surface area (Å²) in [5, 5.41) is 3.04. The van der Waals surface area contributed by atoms with Gasteiger partial charge in [-0.05, 0) is 44.5 Å². The van der Waals surface area contributed by atoms with Gasteiger partial charge in [0.05, 0.1) is 6.67 Å². The first kappa shape index (κ1) is 14.4. The van der Waals surface area contributed by atoms with Crippen molar-refractivity contribution in [2.24, 2.45) is 5.73 Å². The van der Waals surface area contributed by atoms with Crippen LogP contribution in [0.5, 0.6) is 0 Å². The van der Waals surface area contributed by atoms with Gasteiger partial charge in [-0.3, -0.25) is 4.79 Å². The number of nitrogens with two attached hydrogens (primary N) is 1. The largest absolute Gasteiger partial charge is 0.339 e. The van der Waals surface area contributed by atoms with E-state index in [1.807, 2.05) is 18.2 Å². The highest BCUT2D eigenvalue weighted by molar-refractivity contribution is 5.93. The first-order chi connectivity index (χ1) is 10.3. The van der Waals surface area contributed by atoms with Crippen LogP contribution in [0, 0.1) is 0 Å². The van der Waals surface area contributed by atoms with Gasteiger partial charge < -0.3 is 20.9 Å². The van der Waals surface area contributed by atoms with Crippen molar-refractivity contribution in [1.29, 1.82) is 0 Å². The van der Waals surface area contributed by atoms with Crippen LogP contribution in [0.15, 0.2) is 30.3 Å². The smallest absolute Gasteiger partial charge is 0.247 e. The molecule has 0 bridgehead atoms. The average Bonchev–Trinajstić information content (AvgIpc) is 2.85. The van der Waals surface area contributed by atoms with Gasteiger partial charge in [-0.2, -0.15) is 0 Å². The Morgan fingerprint density at radius 3 is 2.57 bits per heavy atom. The molecular weight excluding hydrogens is 264 g/mol. The fourth-order valence-electron chi connectivity index (χ4n) is 3.49. The summed E-state index contributed by atoms with van der Waals surface area (Å²) in [5.41, 5.74) is 6.35. The molecule has 3 N–H and O–H groups in total. The zero-order chi connectivity index (χ0) is 14.7. The van der Waals surface area contributed by atoms with Crippen LogP contribution in [0.3, 0.4) is 0 Å². The molecule has 21 heavy (non-hydrogen) atoms. The molecule has 0 atom stereocenters. The molecule has 1 spiro atoms. The van der Waals surface area contributed by atoms with Crippen LogP contribution in [-0.4, -0.2) is 49.2 Å². The number of para-hydroxylation sites is 1. The Labute approximate surface area is 126 Å². The molecule has 0 aliphatic carbocycles. The van der Waals surface area contributed by atoms with Crippen molar-refractivity contribution >= 4 is 11.6 Å². The normalized spacial score (nSPS) is 21.8. The standard InChI is InChI=1S/C16H24N4O/c17-9-4-10-19-11-7-16(8-12-19)15(21)18-13-20(16)14-5-2-1-3-6-14/h1-3,5-6H,4,7-13,17H2,(H,18,21). The molecule has 0 unspecified atom stereocenters. The maximum Gasteiger partial charge on any atom is 0.247 e. The predicted octanol–water partition coefficient (Wildman–Crippen LogP) is 0.764. The SMILES string of the molecule is NCCCN1CCC2(CC1)C(=O)NCN2c1ccccc1. The molecule has 0 saturated carbocycles. The molecule has 114 valence electrons. The zero-order valence-corrected chi connectivity index (χ0v) is 12.4. The van der Waals surface area contributed by atoms with Gasteiger partial charge in [-0.25, -0.2) is 0 Å². The van der Waals surface area contributed by atoms with Crippen molar-refractivity contribution in [1.82, 2.24) is 10.2 Å². The number of anilines is 1. The molecule has 2 fully saturated rings. The Bertz CT molecular complexity index is 482. The second-order valence-corrected chi connectivity index (χ2v) is 5.94. The molecule has 3 rings (SSSR count). The molecule has 2 aliphatic heterocycles. The Morgan fingerprint density at radius 1 is 1.19 bits per heavy atom. The minimum absolute atomic E-state index is 0.185. The fourth-order valence-corrected chi connectivity index (χ4v) is 3.49. The van der Waals surface area contributed by atoms with Gasteiger partial charge >= 0.3 is 0 Å². The summed E-state index contributed by atoms with van der Waals surface area (Å²) in [4.78, 5) is 17.1. The minimum Gasteiger partial charge on any atom is -0.339 e. The molecule has 0 aromatic heterocycles.